The lowest BCUT2D eigenvalue weighted by atomic mass is 10.3. The third-order valence-corrected chi connectivity index (χ3v) is 3.00. The molecular formula is C12H19NO2. The van der Waals surface area contributed by atoms with Crippen molar-refractivity contribution in [2.24, 2.45) is 11.8 Å². The van der Waals surface area contributed by atoms with Crippen LogP contribution < -0.4 is 0 Å². The standard InChI is InChI=1S/C12H19NO2/c1-15-12(14)6-7-13(8-10-2-3-10)9-11-4-5-11/h6-7,10-11H,2-5,8-9H2,1H3. The van der Waals surface area contributed by atoms with Crippen molar-refractivity contribution in [1.29, 1.82) is 0 Å². The highest BCUT2D eigenvalue weighted by Crippen LogP contribution is 2.33. The number of esters is 1. The smallest absolute Gasteiger partial charge is 0.331 e. The van der Waals surface area contributed by atoms with Gasteiger partial charge in [0.05, 0.1) is 7.11 Å². The summed E-state index contributed by atoms with van der Waals surface area (Å²) in [6.07, 6.45) is 8.86. The number of carbonyl (C=O) groups excluding carboxylic acids is 1. The third kappa shape index (κ3) is 3.94. The van der Waals surface area contributed by atoms with Gasteiger partial charge in [0.1, 0.15) is 0 Å². The Morgan fingerprint density at radius 1 is 1.27 bits per heavy atom. The Bertz CT molecular complexity index is 240. The van der Waals surface area contributed by atoms with Crippen LogP contribution in [0.4, 0.5) is 0 Å². The normalized spacial score (nSPS) is 20.6. The van der Waals surface area contributed by atoms with E-state index in [-0.39, 0.29) is 5.97 Å². The van der Waals surface area contributed by atoms with Gasteiger partial charge in [-0.3, -0.25) is 0 Å². The molecule has 0 aromatic heterocycles. The van der Waals surface area contributed by atoms with E-state index in [0.717, 1.165) is 24.9 Å². The van der Waals surface area contributed by atoms with Crippen LogP contribution in [0.3, 0.4) is 0 Å². The number of rotatable bonds is 6. The van der Waals surface area contributed by atoms with Crippen LogP contribution >= 0.6 is 0 Å². The molecule has 0 radical (unpaired) electrons. The molecule has 0 saturated heterocycles. The number of nitrogens with zero attached hydrogens (tertiary/aromatic N) is 1. The van der Waals surface area contributed by atoms with E-state index in [0.29, 0.717) is 0 Å². The lowest BCUT2D eigenvalue weighted by Crippen LogP contribution is -2.23. The molecule has 0 atom stereocenters. The molecule has 15 heavy (non-hydrogen) atoms. The molecule has 0 unspecified atom stereocenters. The summed E-state index contributed by atoms with van der Waals surface area (Å²) in [7, 11) is 1.42. The minimum atomic E-state index is -0.258. The third-order valence-electron chi connectivity index (χ3n) is 3.00. The van der Waals surface area contributed by atoms with Crippen molar-refractivity contribution in [3.8, 4) is 0 Å². The molecule has 2 aliphatic rings. The zero-order valence-corrected chi connectivity index (χ0v) is 9.32. The fraction of sp³-hybridized carbons (Fsp3) is 0.750. The fourth-order valence-electron chi connectivity index (χ4n) is 1.69. The molecule has 2 aliphatic carbocycles. The molecule has 0 aromatic rings. The quantitative estimate of drug-likeness (QED) is 0.493. The minimum Gasteiger partial charge on any atom is -0.466 e. The molecule has 0 bridgehead atoms. The van der Waals surface area contributed by atoms with E-state index in [2.05, 4.69) is 9.64 Å². The van der Waals surface area contributed by atoms with Gasteiger partial charge in [0.25, 0.3) is 0 Å². The first-order valence-electron chi connectivity index (χ1n) is 5.78. The van der Waals surface area contributed by atoms with Crippen molar-refractivity contribution in [3.63, 3.8) is 0 Å². The van der Waals surface area contributed by atoms with Crippen LogP contribution in [-0.4, -0.2) is 31.1 Å². The molecule has 0 aliphatic heterocycles. The Morgan fingerprint density at radius 2 is 1.80 bits per heavy atom. The molecule has 0 amide bonds. The summed E-state index contributed by atoms with van der Waals surface area (Å²) in [6.45, 7) is 2.23. The van der Waals surface area contributed by atoms with Gasteiger partial charge in [0, 0.05) is 25.4 Å². The molecule has 3 nitrogen and oxygen atoms in total. The summed E-state index contributed by atoms with van der Waals surface area (Å²) >= 11 is 0. The predicted octanol–water partition coefficient (Wildman–Crippen LogP) is 1.80. The highest BCUT2D eigenvalue weighted by atomic mass is 16.5. The van der Waals surface area contributed by atoms with Crippen LogP contribution in [0.1, 0.15) is 25.7 Å². The van der Waals surface area contributed by atoms with Gasteiger partial charge in [-0.1, -0.05) is 0 Å². The van der Waals surface area contributed by atoms with E-state index in [9.17, 15) is 4.79 Å². The number of ether oxygens (including phenoxy) is 1. The average molecular weight is 209 g/mol. The minimum absolute atomic E-state index is 0.258. The molecule has 0 N–H and O–H groups in total. The highest BCUT2D eigenvalue weighted by molar-refractivity contribution is 5.81. The Labute approximate surface area is 91.1 Å². The maximum Gasteiger partial charge on any atom is 0.331 e. The van der Waals surface area contributed by atoms with Gasteiger partial charge in [-0.2, -0.15) is 0 Å². The van der Waals surface area contributed by atoms with Gasteiger partial charge in [-0.05, 0) is 37.5 Å². The van der Waals surface area contributed by atoms with Crippen LogP contribution in [0.25, 0.3) is 0 Å². The number of carbonyl (C=O) groups is 1. The second kappa shape index (κ2) is 4.69. The van der Waals surface area contributed by atoms with E-state index >= 15 is 0 Å². The number of hydrogen-bond acceptors (Lipinski definition) is 3. The first-order valence-corrected chi connectivity index (χ1v) is 5.78. The number of methoxy groups -OCH3 is 1. The first kappa shape index (κ1) is 10.5. The lowest BCUT2D eigenvalue weighted by Gasteiger charge is -2.19. The van der Waals surface area contributed by atoms with Gasteiger partial charge in [-0.15, -0.1) is 0 Å². The van der Waals surface area contributed by atoms with Gasteiger partial charge < -0.3 is 9.64 Å². The predicted molar refractivity (Wildman–Crippen MR) is 58.2 cm³/mol. The fourth-order valence-corrected chi connectivity index (χ4v) is 1.69. The Kier molecular flexibility index (Phi) is 3.29. The van der Waals surface area contributed by atoms with Crippen LogP contribution in [0.2, 0.25) is 0 Å². The van der Waals surface area contributed by atoms with Gasteiger partial charge >= 0.3 is 5.97 Å². The summed E-state index contributed by atoms with van der Waals surface area (Å²) < 4.78 is 4.59. The Hall–Kier alpha value is -0.990. The maximum atomic E-state index is 11.0. The second-order valence-electron chi connectivity index (χ2n) is 4.68. The Morgan fingerprint density at radius 3 is 2.20 bits per heavy atom. The molecule has 0 spiro atoms. The summed E-state index contributed by atoms with van der Waals surface area (Å²) in [5.41, 5.74) is 0. The number of hydrogen-bond donors (Lipinski definition) is 0. The maximum absolute atomic E-state index is 11.0. The lowest BCUT2D eigenvalue weighted by molar-refractivity contribution is -0.134. The van der Waals surface area contributed by atoms with Crippen molar-refractivity contribution < 1.29 is 9.53 Å². The van der Waals surface area contributed by atoms with Gasteiger partial charge in [0.2, 0.25) is 0 Å². The highest BCUT2D eigenvalue weighted by Gasteiger charge is 2.27. The Balaban J connectivity index is 1.79. The molecule has 0 heterocycles. The van der Waals surface area contributed by atoms with E-state index in [1.165, 1.54) is 38.9 Å². The molecule has 2 fully saturated rings. The van der Waals surface area contributed by atoms with E-state index in [1.807, 2.05) is 6.20 Å². The first-order chi connectivity index (χ1) is 7.28. The van der Waals surface area contributed by atoms with Crippen LogP contribution in [0.15, 0.2) is 12.3 Å². The van der Waals surface area contributed by atoms with Crippen molar-refractivity contribution >= 4 is 5.97 Å². The van der Waals surface area contributed by atoms with Gasteiger partial charge in [-0.25, -0.2) is 4.79 Å². The second-order valence-corrected chi connectivity index (χ2v) is 4.68. The summed E-state index contributed by atoms with van der Waals surface area (Å²) in [5.74, 6) is 1.48. The van der Waals surface area contributed by atoms with E-state index in [4.69, 9.17) is 0 Å². The zero-order chi connectivity index (χ0) is 10.7. The molecular weight excluding hydrogens is 190 g/mol. The van der Waals surface area contributed by atoms with Crippen molar-refractivity contribution in [1.82, 2.24) is 4.90 Å². The molecule has 0 aromatic carbocycles. The largest absolute Gasteiger partial charge is 0.466 e. The van der Waals surface area contributed by atoms with Crippen LogP contribution in [0, 0.1) is 11.8 Å². The zero-order valence-electron chi connectivity index (χ0n) is 9.32. The molecule has 84 valence electrons. The van der Waals surface area contributed by atoms with Crippen molar-refractivity contribution in [2.75, 3.05) is 20.2 Å². The summed E-state index contributed by atoms with van der Waals surface area (Å²) in [5, 5.41) is 0. The monoisotopic (exact) mass is 209 g/mol. The van der Waals surface area contributed by atoms with E-state index < -0.39 is 0 Å². The average Bonchev–Trinajstić information content (AvgIpc) is 3.08. The topological polar surface area (TPSA) is 29.5 Å². The van der Waals surface area contributed by atoms with Crippen molar-refractivity contribution in [2.45, 2.75) is 25.7 Å². The van der Waals surface area contributed by atoms with E-state index in [1.54, 1.807) is 0 Å². The van der Waals surface area contributed by atoms with Crippen molar-refractivity contribution in [3.05, 3.63) is 12.3 Å². The van der Waals surface area contributed by atoms with Gasteiger partial charge in [0.15, 0.2) is 0 Å². The molecule has 2 saturated carbocycles. The SMILES string of the molecule is COC(=O)C=CN(CC1CC1)CC1CC1. The molecule has 2 rings (SSSR count). The molecule has 3 heteroatoms. The van der Waals surface area contributed by atoms with Crippen LogP contribution in [-0.2, 0) is 9.53 Å². The summed E-state index contributed by atoms with van der Waals surface area (Å²) in [6, 6.07) is 0. The van der Waals surface area contributed by atoms with Crippen LogP contribution in [0.5, 0.6) is 0 Å². The summed E-state index contributed by atoms with van der Waals surface area (Å²) in [4.78, 5) is 13.3.